The molecule has 6 nitrogen and oxygen atoms in total. The van der Waals surface area contributed by atoms with Gasteiger partial charge in [0.25, 0.3) is 0 Å². The Morgan fingerprint density at radius 3 is 2.95 bits per heavy atom. The van der Waals surface area contributed by atoms with E-state index in [-0.39, 0.29) is 18.9 Å². The van der Waals surface area contributed by atoms with Gasteiger partial charge in [0.05, 0.1) is 25.5 Å². The normalized spacial score (nSPS) is 10.3. The number of amides is 1. The summed E-state index contributed by atoms with van der Waals surface area (Å²) in [6.45, 7) is -0.0650. The lowest BCUT2D eigenvalue weighted by atomic mass is 10.3. The van der Waals surface area contributed by atoms with Crippen LogP contribution in [-0.4, -0.2) is 42.5 Å². The molecular formula is C13H14N2O4S. The largest absolute Gasteiger partial charge is 0.468 e. The van der Waals surface area contributed by atoms with Crippen LogP contribution in [0.4, 0.5) is 0 Å². The zero-order valence-corrected chi connectivity index (χ0v) is 12.0. The summed E-state index contributed by atoms with van der Waals surface area (Å²) in [7, 11) is 2.84. The van der Waals surface area contributed by atoms with E-state index in [2.05, 4.69) is 9.72 Å². The summed E-state index contributed by atoms with van der Waals surface area (Å²) in [4.78, 5) is 28.7. The highest BCUT2D eigenvalue weighted by Gasteiger charge is 2.16. The van der Waals surface area contributed by atoms with Gasteiger partial charge in [-0.3, -0.25) is 9.59 Å². The van der Waals surface area contributed by atoms with Gasteiger partial charge in [0.15, 0.2) is 10.8 Å². The maximum absolute atomic E-state index is 11.9. The van der Waals surface area contributed by atoms with Gasteiger partial charge in [-0.05, 0) is 12.1 Å². The van der Waals surface area contributed by atoms with Crippen LogP contribution in [0.15, 0.2) is 28.2 Å². The van der Waals surface area contributed by atoms with Gasteiger partial charge in [0.2, 0.25) is 5.91 Å². The van der Waals surface area contributed by atoms with Crippen molar-refractivity contribution in [3.8, 4) is 10.8 Å². The molecule has 7 heteroatoms. The predicted molar refractivity (Wildman–Crippen MR) is 73.2 cm³/mol. The van der Waals surface area contributed by atoms with Crippen molar-refractivity contribution in [3.63, 3.8) is 0 Å². The second kappa shape index (κ2) is 6.33. The average molecular weight is 294 g/mol. The van der Waals surface area contributed by atoms with Gasteiger partial charge in [-0.15, -0.1) is 11.3 Å². The highest BCUT2D eigenvalue weighted by atomic mass is 32.1. The maximum Gasteiger partial charge on any atom is 0.325 e. The number of rotatable bonds is 5. The van der Waals surface area contributed by atoms with Crippen molar-refractivity contribution in [2.45, 2.75) is 6.42 Å². The van der Waals surface area contributed by atoms with Gasteiger partial charge in [0.1, 0.15) is 6.54 Å². The Hall–Kier alpha value is -2.15. The number of esters is 1. The molecular weight excluding hydrogens is 280 g/mol. The number of aromatic nitrogens is 1. The molecule has 0 unspecified atom stereocenters. The van der Waals surface area contributed by atoms with E-state index in [0.717, 1.165) is 5.01 Å². The standard InChI is InChI=1S/C13H14N2O4S/c1-15(7-12(17)18-2)11(16)6-9-8-20-13(14-9)10-4-3-5-19-10/h3-5,8H,6-7H2,1-2H3. The third-order valence-corrected chi connectivity index (χ3v) is 3.54. The topological polar surface area (TPSA) is 72.6 Å². The number of hydrogen-bond donors (Lipinski definition) is 0. The molecule has 2 aromatic rings. The third kappa shape index (κ3) is 3.45. The van der Waals surface area contributed by atoms with E-state index < -0.39 is 5.97 Å². The number of hydrogen-bond acceptors (Lipinski definition) is 6. The Morgan fingerprint density at radius 2 is 2.30 bits per heavy atom. The highest BCUT2D eigenvalue weighted by Crippen LogP contribution is 2.24. The van der Waals surface area contributed by atoms with Crippen molar-refractivity contribution < 1.29 is 18.7 Å². The van der Waals surface area contributed by atoms with E-state index in [1.54, 1.807) is 19.4 Å². The molecule has 0 radical (unpaired) electrons. The molecule has 20 heavy (non-hydrogen) atoms. The van der Waals surface area contributed by atoms with Gasteiger partial charge >= 0.3 is 5.97 Å². The Labute approximate surface area is 120 Å². The predicted octanol–water partition coefficient (Wildman–Crippen LogP) is 1.58. The molecule has 2 aromatic heterocycles. The number of ether oxygens (including phenoxy) is 1. The molecule has 106 valence electrons. The number of thiazole rings is 1. The van der Waals surface area contributed by atoms with Crippen LogP contribution in [0, 0.1) is 0 Å². The SMILES string of the molecule is COC(=O)CN(C)C(=O)Cc1csc(-c2ccco2)n1. The zero-order valence-electron chi connectivity index (χ0n) is 11.2. The molecule has 0 aliphatic heterocycles. The Kier molecular flexibility index (Phi) is 4.52. The van der Waals surface area contributed by atoms with E-state index in [4.69, 9.17) is 4.42 Å². The fourth-order valence-corrected chi connectivity index (χ4v) is 2.32. The summed E-state index contributed by atoms with van der Waals surface area (Å²) in [6.07, 6.45) is 1.72. The molecule has 0 saturated heterocycles. The van der Waals surface area contributed by atoms with Gasteiger partial charge in [-0.1, -0.05) is 0 Å². The van der Waals surface area contributed by atoms with Crippen molar-refractivity contribution in [3.05, 3.63) is 29.5 Å². The number of carbonyl (C=O) groups excluding carboxylic acids is 2. The first kappa shape index (κ1) is 14.3. The first-order valence-corrected chi connectivity index (χ1v) is 6.77. The number of furan rings is 1. The van der Waals surface area contributed by atoms with Gasteiger partial charge in [-0.2, -0.15) is 0 Å². The van der Waals surface area contributed by atoms with Crippen molar-refractivity contribution in [1.29, 1.82) is 0 Å². The van der Waals surface area contributed by atoms with E-state index >= 15 is 0 Å². The quantitative estimate of drug-likeness (QED) is 0.783. The average Bonchev–Trinajstić information content (AvgIpc) is 3.08. The molecule has 0 fully saturated rings. The number of methoxy groups -OCH3 is 1. The monoisotopic (exact) mass is 294 g/mol. The summed E-state index contributed by atoms with van der Waals surface area (Å²) in [5, 5.41) is 2.54. The fraction of sp³-hybridized carbons (Fsp3) is 0.308. The van der Waals surface area contributed by atoms with Crippen LogP contribution in [0.3, 0.4) is 0 Å². The molecule has 0 aliphatic carbocycles. The number of likely N-dealkylation sites (N-methyl/N-ethyl adjacent to an activating group) is 1. The Morgan fingerprint density at radius 1 is 1.50 bits per heavy atom. The second-order valence-corrected chi connectivity index (χ2v) is 4.98. The Balaban J connectivity index is 1.96. The van der Waals surface area contributed by atoms with E-state index in [9.17, 15) is 9.59 Å². The molecule has 0 N–H and O–H groups in total. The molecule has 0 aliphatic rings. The lowest BCUT2D eigenvalue weighted by molar-refractivity contribution is -0.145. The van der Waals surface area contributed by atoms with Gasteiger partial charge < -0.3 is 14.1 Å². The van der Waals surface area contributed by atoms with Crippen LogP contribution >= 0.6 is 11.3 Å². The molecule has 0 bridgehead atoms. The number of nitrogens with zero attached hydrogens (tertiary/aromatic N) is 2. The summed E-state index contributed by atoms with van der Waals surface area (Å²) in [5.41, 5.74) is 0.656. The molecule has 2 heterocycles. The first-order chi connectivity index (χ1) is 9.60. The van der Waals surface area contributed by atoms with Crippen LogP contribution in [0.5, 0.6) is 0 Å². The molecule has 2 rings (SSSR count). The minimum atomic E-state index is -0.449. The van der Waals surface area contributed by atoms with Crippen LogP contribution in [0.1, 0.15) is 5.69 Å². The lowest BCUT2D eigenvalue weighted by Crippen LogP contribution is -2.33. The van der Waals surface area contributed by atoms with E-state index in [1.807, 2.05) is 11.4 Å². The fourth-order valence-electron chi connectivity index (χ4n) is 1.54. The van der Waals surface area contributed by atoms with E-state index in [0.29, 0.717) is 11.5 Å². The van der Waals surface area contributed by atoms with E-state index in [1.165, 1.54) is 23.3 Å². The van der Waals surface area contributed by atoms with Gasteiger partial charge in [0, 0.05) is 12.4 Å². The molecule has 0 atom stereocenters. The third-order valence-electron chi connectivity index (χ3n) is 2.64. The van der Waals surface area contributed by atoms with Crippen LogP contribution in [0.2, 0.25) is 0 Å². The van der Waals surface area contributed by atoms with Crippen molar-refractivity contribution in [1.82, 2.24) is 9.88 Å². The maximum atomic E-state index is 11.9. The highest BCUT2D eigenvalue weighted by molar-refractivity contribution is 7.13. The van der Waals surface area contributed by atoms with Crippen LogP contribution in [-0.2, 0) is 20.7 Å². The van der Waals surface area contributed by atoms with Crippen molar-refractivity contribution >= 4 is 23.2 Å². The second-order valence-electron chi connectivity index (χ2n) is 4.12. The molecule has 1 amide bonds. The first-order valence-electron chi connectivity index (χ1n) is 5.89. The van der Waals surface area contributed by atoms with Crippen LogP contribution in [0.25, 0.3) is 10.8 Å². The minimum absolute atomic E-state index is 0.0650. The lowest BCUT2D eigenvalue weighted by Gasteiger charge is -2.14. The van der Waals surface area contributed by atoms with Crippen molar-refractivity contribution in [2.24, 2.45) is 0 Å². The summed E-state index contributed by atoms with van der Waals surface area (Å²) in [5.74, 6) is 0.0405. The van der Waals surface area contributed by atoms with Gasteiger partial charge in [-0.25, -0.2) is 4.98 Å². The Bertz CT molecular complexity index is 591. The minimum Gasteiger partial charge on any atom is -0.468 e. The molecule has 0 spiro atoms. The molecule has 0 aromatic carbocycles. The summed E-state index contributed by atoms with van der Waals surface area (Å²) >= 11 is 1.41. The molecule has 0 saturated carbocycles. The number of carbonyl (C=O) groups is 2. The smallest absolute Gasteiger partial charge is 0.325 e. The van der Waals surface area contributed by atoms with Crippen molar-refractivity contribution in [2.75, 3.05) is 20.7 Å². The summed E-state index contributed by atoms with van der Waals surface area (Å²) < 4.78 is 9.76. The zero-order chi connectivity index (χ0) is 14.5. The van der Waals surface area contributed by atoms with Crippen LogP contribution < -0.4 is 0 Å². The summed E-state index contributed by atoms with van der Waals surface area (Å²) in [6, 6.07) is 3.60.